The van der Waals surface area contributed by atoms with Gasteiger partial charge in [0.25, 0.3) is 5.56 Å². The summed E-state index contributed by atoms with van der Waals surface area (Å²) >= 11 is 0. The zero-order valence-electron chi connectivity index (χ0n) is 9.29. The van der Waals surface area contributed by atoms with Gasteiger partial charge in [-0.2, -0.15) is 0 Å². The maximum Gasteiger partial charge on any atom is 0.251 e. The van der Waals surface area contributed by atoms with Crippen molar-refractivity contribution in [3.05, 3.63) is 27.9 Å². The minimum atomic E-state index is -0.0426. The van der Waals surface area contributed by atoms with Crippen LogP contribution >= 0.6 is 0 Å². The molecule has 3 heteroatoms. The van der Waals surface area contributed by atoms with Crippen molar-refractivity contribution in [2.24, 2.45) is 0 Å². The van der Waals surface area contributed by atoms with Crippen LogP contribution in [0.4, 0.5) is 0 Å². The molecule has 1 aromatic rings. The molecule has 0 saturated carbocycles. The lowest BCUT2D eigenvalue weighted by atomic mass is 10.1. The third kappa shape index (κ3) is 2.44. The predicted molar refractivity (Wildman–Crippen MR) is 57.7 cm³/mol. The Hall–Kier alpha value is -1.12. The number of hydrogen-bond donors (Lipinski definition) is 1. The van der Waals surface area contributed by atoms with E-state index in [1.807, 2.05) is 13.8 Å². The minimum Gasteiger partial charge on any atom is -0.310 e. The van der Waals surface area contributed by atoms with Gasteiger partial charge in [0.05, 0.1) is 5.69 Å². The molecular formula is C11H18N2O. The van der Waals surface area contributed by atoms with Gasteiger partial charge in [0, 0.05) is 12.0 Å². The Kier molecular flexibility index (Phi) is 3.44. The molecule has 0 fully saturated rings. The van der Waals surface area contributed by atoms with E-state index in [-0.39, 0.29) is 5.56 Å². The molecule has 1 N–H and O–H groups in total. The number of rotatable bonds is 3. The highest BCUT2D eigenvalue weighted by Gasteiger charge is 2.09. The van der Waals surface area contributed by atoms with E-state index in [9.17, 15) is 4.79 Å². The second-order valence-corrected chi connectivity index (χ2v) is 4.02. The van der Waals surface area contributed by atoms with Gasteiger partial charge in [-0.05, 0) is 12.3 Å². The second kappa shape index (κ2) is 4.40. The first-order chi connectivity index (χ1) is 6.54. The van der Waals surface area contributed by atoms with Crippen molar-refractivity contribution in [1.29, 1.82) is 0 Å². The predicted octanol–water partition coefficient (Wildman–Crippen LogP) is 2.41. The van der Waals surface area contributed by atoms with Crippen LogP contribution in [-0.2, 0) is 0 Å². The Morgan fingerprint density at radius 2 is 2.07 bits per heavy atom. The lowest BCUT2D eigenvalue weighted by molar-refractivity contribution is 0.657. The first kappa shape index (κ1) is 11.0. The largest absolute Gasteiger partial charge is 0.310 e. The quantitative estimate of drug-likeness (QED) is 0.803. The van der Waals surface area contributed by atoms with Crippen molar-refractivity contribution in [2.45, 2.75) is 46.0 Å². The van der Waals surface area contributed by atoms with Crippen LogP contribution in [0.2, 0.25) is 0 Å². The van der Waals surface area contributed by atoms with Crippen molar-refractivity contribution in [3.8, 4) is 0 Å². The summed E-state index contributed by atoms with van der Waals surface area (Å²) in [7, 11) is 0. The van der Waals surface area contributed by atoms with E-state index in [0.717, 1.165) is 17.9 Å². The standard InChI is InChI=1S/C11H18N2O/c1-5-8(4)11-12-9(7(2)3)6-10(14)13-11/h6-8H,5H2,1-4H3,(H,12,13,14). The van der Waals surface area contributed by atoms with Gasteiger partial charge in [-0.15, -0.1) is 0 Å². The van der Waals surface area contributed by atoms with Gasteiger partial charge in [0.1, 0.15) is 5.82 Å². The van der Waals surface area contributed by atoms with E-state index in [2.05, 4.69) is 23.8 Å². The van der Waals surface area contributed by atoms with E-state index in [4.69, 9.17) is 0 Å². The molecule has 0 spiro atoms. The fraction of sp³-hybridized carbons (Fsp3) is 0.636. The molecule has 78 valence electrons. The Morgan fingerprint density at radius 1 is 1.43 bits per heavy atom. The SMILES string of the molecule is CCC(C)c1nc(C(C)C)cc(=O)[nH]1. The van der Waals surface area contributed by atoms with E-state index in [0.29, 0.717) is 11.8 Å². The molecule has 1 unspecified atom stereocenters. The van der Waals surface area contributed by atoms with E-state index in [1.165, 1.54) is 0 Å². The highest BCUT2D eigenvalue weighted by Crippen LogP contribution is 2.15. The average molecular weight is 194 g/mol. The normalized spacial score (nSPS) is 13.2. The van der Waals surface area contributed by atoms with Crippen LogP contribution in [0.15, 0.2) is 10.9 Å². The van der Waals surface area contributed by atoms with Gasteiger partial charge in [-0.25, -0.2) is 4.98 Å². The molecule has 14 heavy (non-hydrogen) atoms. The number of hydrogen-bond acceptors (Lipinski definition) is 2. The maximum absolute atomic E-state index is 11.3. The van der Waals surface area contributed by atoms with Crippen molar-refractivity contribution in [1.82, 2.24) is 9.97 Å². The Morgan fingerprint density at radius 3 is 2.57 bits per heavy atom. The zero-order chi connectivity index (χ0) is 10.7. The lowest BCUT2D eigenvalue weighted by Gasteiger charge is -2.10. The second-order valence-electron chi connectivity index (χ2n) is 4.02. The van der Waals surface area contributed by atoms with Gasteiger partial charge < -0.3 is 4.98 Å². The monoisotopic (exact) mass is 194 g/mol. The summed E-state index contributed by atoms with van der Waals surface area (Å²) in [5, 5.41) is 0. The average Bonchev–Trinajstić information content (AvgIpc) is 2.15. The van der Waals surface area contributed by atoms with Gasteiger partial charge >= 0.3 is 0 Å². The molecule has 1 heterocycles. The Bertz CT molecular complexity index is 355. The molecule has 1 rings (SSSR count). The smallest absolute Gasteiger partial charge is 0.251 e. The Labute approximate surface area is 84.6 Å². The fourth-order valence-electron chi connectivity index (χ4n) is 1.22. The molecule has 0 aliphatic rings. The molecule has 1 atom stereocenters. The zero-order valence-corrected chi connectivity index (χ0v) is 9.29. The van der Waals surface area contributed by atoms with Crippen LogP contribution in [0, 0.1) is 0 Å². The van der Waals surface area contributed by atoms with Gasteiger partial charge in [0.15, 0.2) is 0 Å². The van der Waals surface area contributed by atoms with Crippen LogP contribution in [-0.4, -0.2) is 9.97 Å². The highest BCUT2D eigenvalue weighted by molar-refractivity contribution is 5.08. The van der Waals surface area contributed by atoms with Gasteiger partial charge in [-0.3, -0.25) is 4.79 Å². The van der Waals surface area contributed by atoms with E-state index in [1.54, 1.807) is 6.07 Å². The van der Waals surface area contributed by atoms with Crippen LogP contribution in [0.25, 0.3) is 0 Å². The lowest BCUT2D eigenvalue weighted by Crippen LogP contribution is -2.15. The summed E-state index contributed by atoms with van der Waals surface area (Å²) in [5.74, 6) is 1.44. The molecule has 0 radical (unpaired) electrons. The van der Waals surface area contributed by atoms with E-state index < -0.39 is 0 Å². The topological polar surface area (TPSA) is 45.8 Å². The van der Waals surface area contributed by atoms with Crippen molar-refractivity contribution in [2.75, 3.05) is 0 Å². The van der Waals surface area contributed by atoms with E-state index >= 15 is 0 Å². The van der Waals surface area contributed by atoms with Crippen LogP contribution in [0.1, 0.15) is 57.5 Å². The summed E-state index contributed by atoms with van der Waals surface area (Å²) in [6.07, 6.45) is 0.991. The molecule has 0 aliphatic heterocycles. The molecule has 1 aromatic heterocycles. The summed E-state index contributed by atoms with van der Waals surface area (Å²) in [4.78, 5) is 18.6. The number of H-pyrrole nitrogens is 1. The molecule has 0 amide bonds. The maximum atomic E-state index is 11.3. The number of aromatic amines is 1. The van der Waals surface area contributed by atoms with Gasteiger partial charge in [0.2, 0.25) is 0 Å². The number of nitrogens with zero attached hydrogens (tertiary/aromatic N) is 1. The van der Waals surface area contributed by atoms with Gasteiger partial charge in [-0.1, -0.05) is 27.7 Å². The molecule has 0 bridgehead atoms. The molecule has 3 nitrogen and oxygen atoms in total. The van der Waals surface area contributed by atoms with Crippen LogP contribution < -0.4 is 5.56 Å². The number of nitrogens with one attached hydrogen (secondary N) is 1. The third-order valence-electron chi connectivity index (χ3n) is 2.45. The Balaban J connectivity index is 3.13. The van der Waals surface area contributed by atoms with Crippen LogP contribution in [0.3, 0.4) is 0 Å². The molecule has 0 aliphatic carbocycles. The number of aromatic nitrogens is 2. The van der Waals surface area contributed by atoms with Crippen molar-refractivity contribution >= 4 is 0 Å². The summed E-state index contributed by atoms with van der Waals surface area (Å²) in [6.45, 7) is 8.25. The molecule has 0 aromatic carbocycles. The molecular weight excluding hydrogens is 176 g/mol. The van der Waals surface area contributed by atoms with Crippen molar-refractivity contribution < 1.29 is 0 Å². The minimum absolute atomic E-state index is 0.0426. The highest BCUT2D eigenvalue weighted by atomic mass is 16.1. The first-order valence-electron chi connectivity index (χ1n) is 5.15. The first-order valence-corrected chi connectivity index (χ1v) is 5.15. The summed E-state index contributed by atoms with van der Waals surface area (Å²) in [6, 6.07) is 1.58. The fourth-order valence-corrected chi connectivity index (χ4v) is 1.22. The van der Waals surface area contributed by atoms with Crippen molar-refractivity contribution in [3.63, 3.8) is 0 Å². The summed E-state index contributed by atoms with van der Waals surface area (Å²) < 4.78 is 0. The summed E-state index contributed by atoms with van der Waals surface area (Å²) in [5.41, 5.74) is 0.836. The van der Waals surface area contributed by atoms with Crippen LogP contribution in [0.5, 0.6) is 0 Å². The molecule has 0 saturated heterocycles. The third-order valence-corrected chi connectivity index (χ3v) is 2.45.